The Labute approximate surface area is 186 Å². The highest BCUT2D eigenvalue weighted by atomic mass is 79.9. The summed E-state index contributed by atoms with van der Waals surface area (Å²) in [4.78, 5) is 27.8. The molecule has 9 heteroatoms. The van der Waals surface area contributed by atoms with Gasteiger partial charge in [-0.25, -0.2) is 0 Å². The summed E-state index contributed by atoms with van der Waals surface area (Å²) in [6.45, 7) is 0.788. The number of hydrogen-bond acceptors (Lipinski definition) is 5. The Hall–Kier alpha value is -2.36. The molecule has 1 fully saturated rings. The number of aromatic nitrogens is 2. The number of nitrogens with zero attached hydrogens (tertiary/aromatic N) is 2. The predicted octanol–water partition coefficient (Wildman–Crippen LogP) is 3.27. The number of aliphatic hydroxyl groups excluding tert-OH is 1. The van der Waals surface area contributed by atoms with Gasteiger partial charge in [-0.1, -0.05) is 15.9 Å². The van der Waals surface area contributed by atoms with E-state index in [2.05, 4.69) is 31.4 Å². The SMILES string of the molecule is O=C(Nc1ccc2[nH]ncc2c1)C1CCN(C(=O)[C@H](O)CSc2ccc(Br)cc2)C1. The van der Waals surface area contributed by atoms with Crippen LogP contribution in [0.5, 0.6) is 0 Å². The molecule has 3 aromatic rings. The van der Waals surface area contributed by atoms with Crippen molar-refractivity contribution in [1.29, 1.82) is 0 Å². The Morgan fingerprint density at radius 2 is 2.10 bits per heavy atom. The van der Waals surface area contributed by atoms with Crippen molar-refractivity contribution in [2.45, 2.75) is 17.4 Å². The molecule has 0 saturated carbocycles. The number of thioether (sulfide) groups is 1. The second-order valence-corrected chi connectivity index (χ2v) is 9.22. The molecule has 1 unspecified atom stereocenters. The van der Waals surface area contributed by atoms with Crippen LogP contribution < -0.4 is 5.32 Å². The van der Waals surface area contributed by atoms with Crippen molar-refractivity contribution in [2.24, 2.45) is 5.92 Å². The van der Waals surface area contributed by atoms with E-state index in [-0.39, 0.29) is 23.5 Å². The van der Waals surface area contributed by atoms with Crippen LogP contribution >= 0.6 is 27.7 Å². The number of anilines is 1. The minimum absolute atomic E-state index is 0.119. The third kappa shape index (κ3) is 4.85. The maximum atomic E-state index is 12.6. The summed E-state index contributed by atoms with van der Waals surface area (Å²) in [5, 5.41) is 21.0. The van der Waals surface area contributed by atoms with Crippen LogP contribution in [0.2, 0.25) is 0 Å². The molecule has 0 radical (unpaired) electrons. The molecule has 0 bridgehead atoms. The number of likely N-dealkylation sites (tertiary alicyclic amines) is 1. The Morgan fingerprint density at radius 3 is 2.90 bits per heavy atom. The minimum Gasteiger partial charge on any atom is -0.382 e. The molecule has 0 aliphatic carbocycles. The van der Waals surface area contributed by atoms with Gasteiger partial charge >= 0.3 is 0 Å². The van der Waals surface area contributed by atoms with E-state index in [1.165, 1.54) is 11.8 Å². The first-order valence-corrected chi connectivity index (χ1v) is 11.4. The van der Waals surface area contributed by atoms with Gasteiger partial charge in [0, 0.05) is 39.3 Å². The number of carbonyl (C=O) groups is 2. The number of aliphatic hydroxyl groups is 1. The van der Waals surface area contributed by atoms with E-state index in [4.69, 9.17) is 0 Å². The fraction of sp³-hybridized carbons (Fsp3) is 0.286. The van der Waals surface area contributed by atoms with Crippen molar-refractivity contribution < 1.29 is 14.7 Å². The number of aromatic amines is 1. The van der Waals surface area contributed by atoms with Crippen molar-refractivity contribution >= 4 is 56.1 Å². The van der Waals surface area contributed by atoms with Crippen molar-refractivity contribution in [1.82, 2.24) is 15.1 Å². The van der Waals surface area contributed by atoms with Crippen LogP contribution in [-0.4, -0.2) is 57.0 Å². The second-order valence-electron chi connectivity index (χ2n) is 7.21. The highest BCUT2D eigenvalue weighted by Crippen LogP contribution is 2.24. The molecule has 30 heavy (non-hydrogen) atoms. The second kappa shape index (κ2) is 9.20. The van der Waals surface area contributed by atoms with E-state index in [0.717, 1.165) is 20.3 Å². The lowest BCUT2D eigenvalue weighted by Crippen LogP contribution is -2.39. The Kier molecular flexibility index (Phi) is 6.40. The van der Waals surface area contributed by atoms with E-state index in [1.54, 1.807) is 11.1 Å². The van der Waals surface area contributed by atoms with Crippen LogP contribution in [0.15, 0.2) is 58.0 Å². The lowest BCUT2D eigenvalue weighted by molar-refractivity contribution is -0.138. The molecule has 2 amide bonds. The molecule has 1 aliphatic heterocycles. The largest absolute Gasteiger partial charge is 0.382 e. The average Bonchev–Trinajstić information content (AvgIpc) is 3.42. The summed E-state index contributed by atoms with van der Waals surface area (Å²) in [7, 11) is 0. The summed E-state index contributed by atoms with van der Waals surface area (Å²) < 4.78 is 0.981. The summed E-state index contributed by atoms with van der Waals surface area (Å²) in [5.74, 6) is -0.458. The van der Waals surface area contributed by atoms with E-state index < -0.39 is 6.10 Å². The van der Waals surface area contributed by atoms with Crippen LogP contribution in [0, 0.1) is 5.92 Å². The standard InChI is InChI=1S/C21H21BrN4O3S/c22-15-1-4-17(5-2-15)30-12-19(27)21(29)26-8-7-13(11-26)20(28)24-16-3-6-18-14(9-16)10-23-25-18/h1-6,9-10,13,19,27H,7-8,11-12H2,(H,23,25)(H,24,28)/t13?,19-/m1/s1. The zero-order chi connectivity index (χ0) is 21.1. The van der Waals surface area contributed by atoms with E-state index in [0.29, 0.717) is 25.2 Å². The van der Waals surface area contributed by atoms with Crippen molar-refractivity contribution in [3.05, 3.63) is 53.1 Å². The molecule has 1 aliphatic rings. The number of halogens is 1. The van der Waals surface area contributed by atoms with Crippen LogP contribution in [0.1, 0.15) is 6.42 Å². The third-order valence-electron chi connectivity index (χ3n) is 5.09. The molecule has 0 spiro atoms. The fourth-order valence-electron chi connectivity index (χ4n) is 3.43. The Balaban J connectivity index is 1.28. The summed E-state index contributed by atoms with van der Waals surface area (Å²) in [6, 6.07) is 13.3. The number of fused-ring (bicyclic) bond motifs is 1. The van der Waals surface area contributed by atoms with E-state index in [1.807, 2.05) is 42.5 Å². The van der Waals surface area contributed by atoms with Gasteiger partial charge in [-0.3, -0.25) is 14.7 Å². The zero-order valence-corrected chi connectivity index (χ0v) is 18.4. The number of hydrogen-bond donors (Lipinski definition) is 3. The third-order valence-corrected chi connectivity index (χ3v) is 6.70. The molecule has 2 aromatic carbocycles. The fourth-order valence-corrected chi connectivity index (χ4v) is 4.51. The lowest BCUT2D eigenvalue weighted by atomic mass is 10.1. The number of nitrogens with one attached hydrogen (secondary N) is 2. The van der Waals surface area contributed by atoms with Gasteiger partial charge in [-0.05, 0) is 48.9 Å². The maximum absolute atomic E-state index is 12.6. The van der Waals surface area contributed by atoms with Gasteiger partial charge in [0.05, 0.1) is 17.6 Å². The number of benzene rings is 2. The van der Waals surface area contributed by atoms with E-state index in [9.17, 15) is 14.7 Å². The summed E-state index contributed by atoms with van der Waals surface area (Å²) in [6.07, 6.45) is 1.19. The highest BCUT2D eigenvalue weighted by molar-refractivity contribution is 9.10. The first-order valence-electron chi connectivity index (χ1n) is 9.59. The Bertz CT molecular complexity index is 1060. The smallest absolute Gasteiger partial charge is 0.252 e. The molecule has 4 rings (SSSR count). The van der Waals surface area contributed by atoms with Gasteiger partial charge in [-0.2, -0.15) is 5.10 Å². The van der Waals surface area contributed by atoms with Gasteiger partial charge < -0.3 is 15.3 Å². The zero-order valence-electron chi connectivity index (χ0n) is 16.0. The number of H-pyrrole nitrogens is 1. The summed E-state index contributed by atoms with van der Waals surface area (Å²) >= 11 is 4.81. The molecular weight excluding hydrogens is 468 g/mol. The lowest BCUT2D eigenvalue weighted by Gasteiger charge is -2.20. The van der Waals surface area contributed by atoms with Crippen LogP contribution in [0.25, 0.3) is 10.9 Å². The monoisotopic (exact) mass is 488 g/mol. The first kappa shape index (κ1) is 20.9. The van der Waals surface area contributed by atoms with Crippen LogP contribution in [-0.2, 0) is 9.59 Å². The van der Waals surface area contributed by atoms with Crippen molar-refractivity contribution in [2.75, 3.05) is 24.2 Å². The van der Waals surface area contributed by atoms with Gasteiger partial charge in [0.25, 0.3) is 5.91 Å². The number of carbonyl (C=O) groups excluding carboxylic acids is 2. The predicted molar refractivity (Wildman–Crippen MR) is 120 cm³/mol. The van der Waals surface area contributed by atoms with Crippen LogP contribution in [0.3, 0.4) is 0 Å². The number of rotatable bonds is 6. The van der Waals surface area contributed by atoms with Gasteiger partial charge in [0.1, 0.15) is 6.10 Å². The normalized spacial score (nSPS) is 17.3. The van der Waals surface area contributed by atoms with E-state index >= 15 is 0 Å². The number of amides is 2. The molecule has 2 atom stereocenters. The minimum atomic E-state index is -1.09. The quantitative estimate of drug-likeness (QED) is 0.462. The van der Waals surface area contributed by atoms with Gasteiger partial charge in [-0.15, -0.1) is 11.8 Å². The van der Waals surface area contributed by atoms with Gasteiger partial charge in [0.15, 0.2) is 0 Å². The van der Waals surface area contributed by atoms with Crippen molar-refractivity contribution in [3.63, 3.8) is 0 Å². The molecule has 1 aromatic heterocycles. The maximum Gasteiger partial charge on any atom is 0.252 e. The van der Waals surface area contributed by atoms with Gasteiger partial charge in [0.2, 0.25) is 5.91 Å². The molecule has 1 saturated heterocycles. The Morgan fingerprint density at radius 1 is 1.30 bits per heavy atom. The molecule has 156 valence electrons. The molecule has 2 heterocycles. The first-order chi connectivity index (χ1) is 14.5. The van der Waals surface area contributed by atoms with Crippen molar-refractivity contribution in [3.8, 4) is 0 Å². The molecular formula is C21H21BrN4O3S. The van der Waals surface area contributed by atoms with Crippen LogP contribution in [0.4, 0.5) is 5.69 Å². The summed E-state index contributed by atoms with van der Waals surface area (Å²) in [5.41, 5.74) is 1.60. The average molecular weight is 489 g/mol. The molecule has 3 N–H and O–H groups in total. The molecule has 7 nitrogen and oxygen atoms in total. The topological polar surface area (TPSA) is 98.3 Å². The highest BCUT2D eigenvalue weighted by Gasteiger charge is 2.33.